The summed E-state index contributed by atoms with van der Waals surface area (Å²) in [5.74, 6) is 1.64. The van der Waals surface area contributed by atoms with Gasteiger partial charge in [0, 0.05) is 28.0 Å². The molecule has 44 heavy (non-hydrogen) atoms. The molecule has 0 saturated heterocycles. The van der Waals surface area contributed by atoms with Crippen LogP contribution in [0.3, 0.4) is 0 Å². The minimum atomic E-state index is -0.297. The summed E-state index contributed by atoms with van der Waals surface area (Å²) in [7, 11) is 1.48. The maximum atomic E-state index is 12.1. The number of benzene rings is 2. The molecule has 2 saturated carbocycles. The van der Waals surface area contributed by atoms with Gasteiger partial charge in [0.1, 0.15) is 9.85 Å². The zero-order valence-electron chi connectivity index (χ0n) is 25.4. The molecule has 8 heteroatoms. The van der Waals surface area contributed by atoms with E-state index in [1.165, 1.54) is 40.7 Å². The van der Waals surface area contributed by atoms with Gasteiger partial charge in [-0.05, 0) is 77.8 Å². The second kappa shape index (κ2) is 13.0. The quantitative estimate of drug-likeness (QED) is 0.144. The molecule has 0 amide bonds. The van der Waals surface area contributed by atoms with Gasteiger partial charge in [0.25, 0.3) is 0 Å². The van der Waals surface area contributed by atoms with E-state index >= 15 is 0 Å². The number of carbonyl (C=O) groups excluding carboxylic acids is 1. The second-order valence-corrected chi connectivity index (χ2v) is 16.4. The van der Waals surface area contributed by atoms with Crippen molar-refractivity contribution in [3.8, 4) is 0 Å². The molecule has 0 radical (unpaired) electrons. The first-order valence-corrected chi connectivity index (χ1v) is 18.0. The lowest BCUT2D eigenvalue weighted by atomic mass is 9.81. The summed E-state index contributed by atoms with van der Waals surface area (Å²) in [4.78, 5) is 17.1. The molecule has 2 aromatic heterocycles. The van der Waals surface area contributed by atoms with Crippen LogP contribution < -0.4 is 0 Å². The Morgan fingerprint density at radius 1 is 1.14 bits per heavy atom. The average molecular weight is 669 g/mol. The number of rotatable bonds is 13. The summed E-state index contributed by atoms with van der Waals surface area (Å²) in [6.45, 7) is 4.31. The van der Waals surface area contributed by atoms with Crippen molar-refractivity contribution < 1.29 is 14.6 Å². The number of nitrogens with zero attached hydrogens (tertiary/aromatic N) is 1. The first-order chi connectivity index (χ1) is 21.1. The van der Waals surface area contributed by atoms with Crippen molar-refractivity contribution in [2.45, 2.75) is 74.9 Å². The molecule has 2 heterocycles. The fraction of sp³-hybridized carbons (Fsp3) is 0.444. The topological polar surface area (TPSA) is 59.4 Å². The lowest BCUT2D eigenvalue weighted by molar-refractivity contribution is -0.141. The number of halogens is 2. The van der Waals surface area contributed by atoms with Crippen molar-refractivity contribution in [1.82, 2.24) is 4.98 Å². The van der Waals surface area contributed by atoms with Gasteiger partial charge in [0.15, 0.2) is 0 Å². The van der Waals surface area contributed by atoms with Crippen LogP contribution in [-0.2, 0) is 21.4 Å². The third-order valence-corrected chi connectivity index (χ3v) is 13.1. The number of thioether (sulfide) groups is 1. The van der Waals surface area contributed by atoms with E-state index in [0.29, 0.717) is 27.6 Å². The van der Waals surface area contributed by atoms with Gasteiger partial charge >= 0.3 is 5.97 Å². The molecule has 2 unspecified atom stereocenters. The van der Waals surface area contributed by atoms with Crippen molar-refractivity contribution in [3.05, 3.63) is 98.0 Å². The number of carbonyl (C=O) groups is 1. The van der Waals surface area contributed by atoms with Crippen LogP contribution in [0.5, 0.6) is 0 Å². The molecule has 2 fully saturated rings. The Balaban J connectivity index is 1.23. The summed E-state index contributed by atoms with van der Waals surface area (Å²) in [5.41, 5.74) is 6.84. The summed E-state index contributed by atoms with van der Waals surface area (Å²) < 4.78 is 6.63. The van der Waals surface area contributed by atoms with Gasteiger partial charge in [-0.15, -0.1) is 11.3 Å². The van der Waals surface area contributed by atoms with E-state index in [4.69, 9.17) is 32.9 Å². The fourth-order valence-electron chi connectivity index (χ4n) is 6.34. The van der Waals surface area contributed by atoms with Gasteiger partial charge in [-0.2, -0.15) is 11.8 Å². The molecule has 1 N–H and O–H groups in total. The van der Waals surface area contributed by atoms with Gasteiger partial charge in [0.2, 0.25) is 0 Å². The van der Waals surface area contributed by atoms with Crippen molar-refractivity contribution in [1.29, 1.82) is 0 Å². The highest BCUT2D eigenvalue weighted by Gasteiger charge is 2.45. The van der Waals surface area contributed by atoms with Crippen LogP contribution in [0.4, 0.5) is 0 Å². The SMILES string of the molecule is COC(=O)CC1(CS[C@H](CCc2ccccc2C(C)(C)CO)c2cccc(C3CC3c3ccc4sc(Cl)c(Cl)c4n3)c2)CC1. The third-order valence-electron chi connectivity index (χ3n) is 9.45. The van der Waals surface area contributed by atoms with Crippen LogP contribution in [0.2, 0.25) is 9.36 Å². The molecule has 4 nitrogen and oxygen atoms in total. The van der Waals surface area contributed by atoms with Crippen LogP contribution in [0.15, 0.2) is 60.7 Å². The summed E-state index contributed by atoms with van der Waals surface area (Å²) >= 11 is 16.2. The summed E-state index contributed by atoms with van der Waals surface area (Å²) in [6.07, 6.45) is 5.63. The Morgan fingerprint density at radius 2 is 1.93 bits per heavy atom. The monoisotopic (exact) mass is 667 g/mol. The largest absolute Gasteiger partial charge is 0.469 e. The Morgan fingerprint density at radius 3 is 2.68 bits per heavy atom. The van der Waals surface area contributed by atoms with E-state index in [9.17, 15) is 9.90 Å². The molecule has 2 aliphatic rings. The van der Waals surface area contributed by atoms with Gasteiger partial charge in [0.05, 0.1) is 29.9 Å². The summed E-state index contributed by atoms with van der Waals surface area (Å²) in [5, 5.41) is 10.9. The van der Waals surface area contributed by atoms with Crippen molar-refractivity contribution in [3.63, 3.8) is 0 Å². The number of aromatic nitrogens is 1. The fourth-order valence-corrected chi connectivity index (χ4v) is 9.33. The number of hydrogen-bond acceptors (Lipinski definition) is 6. The van der Waals surface area contributed by atoms with Gasteiger partial charge in [-0.25, -0.2) is 4.98 Å². The zero-order valence-corrected chi connectivity index (χ0v) is 28.6. The van der Waals surface area contributed by atoms with Crippen LogP contribution in [0.25, 0.3) is 10.2 Å². The maximum Gasteiger partial charge on any atom is 0.306 e. The van der Waals surface area contributed by atoms with E-state index in [1.807, 2.05) is 11.8 Å². The minimum Gasteiger partial charge on any atom is -0.469 e. The number of thiophene rings is 1. The van der Waals surface area contributed by atoms with Crippen LogP contribution in [0, 0.1) is 5.41 Å². The Labute approximate surface area is 278 Å². The highest BCUT2D eigenvalue weighted by atomic mass is 35.5. The van der Waals surface area contributed by atoms with Crippen LogP contribution in [-0.4, -0.2) is 35.5 Å². The van der Waals surface area contributed by atoms with E-state index in [0.717, 1.165) is 53.8 Å². The number of hydrogen-bond donors (Lipinski definition) is 1. The number of ether oxygens (including phenoxy) is 1. The molecule has 4 aromatic rings. The molecular formula is C36H39Cl2NO3S2. The Hall–Kier alpha value is -2.09. The second-order valence-electron chi connectivity index (χ2n) is 13.2. The van der Waals surface area contributed by atoms with Crippen molar-refractivity contribution in [2.75, 3.05) is 19.5 Å². The third kappa shape index (κ3) is 6.85. The number of methoxy groups -OCH3 is 1. The van der Waals surface area contributed by atoms with Crippen molar-refractivity contribution in [2.24, 2.45) is 5.41 Å². The highest BCUT2D eigenvalue weighted by Crippen LogP contribution is 2.56. The minimum absolute atomic E-state index is 0.0577. The van der Waals surface area contributed by atoms with Gasteiger partial charge in [-0.1, -0.05) is 85.6 Å². The molecule has 6 rings (SSSR count). The standard InChI is InChI=1S/C36H39Cl2NO3S2/c1-35(2,20-40)27-10-5-4-7-22(27)11-13-29(43-21-36(15-16-36)19-31(41)42-3)24-9-6-8-23(17-24)25-18-26(25)28-12-14-30-33(39-28)32(37)34(38)44-30/h4-10,12,14,17,25-26,29,40H,11,13,15-16,18-21H2,1-3H3/t25?,26?,29-/m1/s1. The first kappa shape index (κ1) is 31.9. The van der Waals surface area contributed by atoms with E-state index in [1.54, 1.807) is 0 Å². The van der Waals surface area contributed by atoms with E-state index < -0.39 is 0 Å². The molecule has 0 spiro atoms. The smallest absolute Gasteiger partial charge is 0.306 e. The molecule has 0 aliphatic heterocycles. The lowest BCUT2D eigenvalue weighted by Gasteiger charge is -2.27. The molecule has 2 aliphatic carbocycles. The lowest BCUT2D eigenvalue weighted by Crippen LogP contribution is -2.24. The predicted octanol–water partition coefficient (Wildman–Crippen LogP) is 9.89. The molecule has 0 bridgehead atoms. The molecule has 2 aromatic carbocycles. The normalized spacial score (nSPS) is 19.6. The maximum absolute atomic E-state index is 12.1. The first-order valence-electron chi connectivity index (χ1n) is 15.3. The number of aliphatic hydroxyl groups is 1. The van der Waals surface area contributed by atoms with Gasteiger partial charge in [-0.3, -0.25) is 4.79 Å². The van der Waals surface area contributed by atoms with Crippen LogP contribution in [0.1, 0.15) is 91.0 Å². The summed E-state index contributed by atoms with van der Waals surface area (Å²) in [6, 6.07) is 21.9. The zero-order chi connectivity index (χ0) is 31.1. The highest BCUT2D eigenvalue weighted by molar-refractivity contribution is 7.99. The van der Waals surface area contributed by atoms with Gasteiger partial charge < -0.3 is 9.84 Å². The average Bonchev–Trinajstić information content (AvgIpc) is 3.97. The number of aryl methyl sites for hydroxylation is 1. The Kier molecular flexibility index (Phi) is 9.39. The van der Waals surface area contributed by atoms with E-state index in [2.05, 4.69) is 74.5 Å². The molecule has 232 valence electrons. The number of pyridine rings is 1. The Bertz CT molecular complexity index is 1660. The molecular weight excluding hydrogens is 629 g/mol. The molecule has 3 atom stereocenters. The number of esters is 1. The van der Waals surface area contributed by atoms with Crippen molar-refractivity contribution >= 4 is 62.5 Å². The predicted molar refractivity (Wildman–Crippen MR) is 185 cm³/mol. The number of aliphatic hydroxyl groups excluding tert-OH is 1. The number of fused-ring (bicyclic) bond motifs is 1. The van der Waals surface area contributed by atoms with Crippen LogP contribution >= 0.6 is 46.3 Å². The van der Waals surface area contributed by atoms with E-state index in [-0.39, 0.29) is 28.7 Å².